The molecule has 0 spiro atoms. The van der Waals surface area contributed by atoms with Gasteiger partial charge < -0.3 is 0 Å². The predicted octanol–water partition coefficient (Wildman–Crippen LogP) is 4.09. The highest BCUT2D eigenvalue weighted by Crippen LogP contribution is 2.18. The van der Waals surface area contributed by atoms with E-state index in [0.29, 0.717) is 5.92 Å². The first-order valence-electron chi connectivity index (χ1n) is 7.95. The van der Waals surface area contributed by atoms with E-state index in [4.69, 9.17) is 0 Å². The molecule has 0 fully saturated rings. The van der Waals surface area contributed by atoms with Crippen molar-refractivity contribution in [1.82, 2.24) is 0 Å². The average molecular weight is 277 g/mol. The quantitative estimate of drug-likeness (QED) is 0.738. The van der Waals surface area contributed by atoms with Gasteiger partial charge in [0.2, 0.25) is 0 Å². The van der Waals surface area contributed by atoms with Crippen LogP contribution in [-0.2, 0) is 0 Å². The van der Waals surface area contributed by atoms with Crippen LogP contribution in [0, 0.1) is 27.7 Å². The molecule has 2 aromatic rings. The molecule has 1 unspecified atom stereocenters. The molecule has 1 heteroatoms. The summed E-state index contributed by atoms with van der Waals surface area (Å²) in [5.41, 5.74) is 9.57. The van der Waals surface area contributed by atoms with Crippen LogP contribution in [0.3, 0.4) is 0 Å². The van der Waals surface area contributed by atoms with Crippen molar-refractivity contribution >= 4 is 18.2 Å². The van der Waals surface area contributed by atoms with Crippen molar-refractivity contribution in [3.63, 3.8) is 0 Å². The van der Waals surface area contributed by atoms with E-state index in [1.165, 1.54) is 45.2 Å². The van der Waals surface area contributed by atoms with Crippen LogP contribution >= 0.6 is 0 Å². The molecule has 1 atom stereocenters. The second-order valence-electron chi connectivity index (χ2n) is 6.38. The standard InChI is InChI=1S/C20H26B/c1-7-14(3)18-8-9-19(15(4)12-18)21-20-16(5)10-13(2)11-17(20)6/h8-12,14H,7H2,1-6H3. The highest BCUT2D eigenvalue weighted by Gasteiger charge is 2.10. The van der Waals surface area contributed by atoms with Gasteiger partial charge >= 0.3 is 0 Å². The molecule has 2 aromatic carbocycles. The lowest BCUT2D eigenvalue weighted by molar-refractivity contribution is 0.733. The van der Waals surface area contributed by atoms with Gasteiger partial charge in [-0.25, -0.2) is 0 Å². The van der Waals surface area contributed by atoms with Crippen molar-refractivity contribution in [2.45, 2.75) is 53.9 Å². The molecule has 0 heterocycles. The Labute approximate surface area is 130 Å². The second kappa shape index (κ2) is 6.51. The number of rotatable bonds is 4. The van der Waals surface area contributed by atoms with Gasteiger partial charge in [0.05, 0.1) is 0 Å². The van der Waals surface area contributed by atoms with Gasteiger partial charge in [0.25, 0.3) is 0 Å². The van der Waals surface area contributed by atoms with Crippen LogP contribution in [0.1, 0.15) is 54.0 Å². The van der Waals surface area contributed by atoms with E-state index in [1.807, 2.05) is 0 Å². The summed E-state index contributed by atoms with van der Waals surface area (Å²) in [6.07, 6.45) is 1.19. The van der Waals surface area contributed by atoms with Gasteiger partial charge in [-0.3, -0.25) is 0 Å². The summed E-state index contributed by atoms with van der Waals surface area (Å²) in [6, 6.07) is 11.4. The lowest BCUT2D eigenvalue weighted by Crippen LogP contribution is -2.33. The third kappa shape index (κ3) is 3.58. The maximum atomic E-state index is 2.35. The molecule has 0 saturated heterocycles. The van der Waals surface area contributed by atoms with E-state index in [0.717, 1.165) is 0 Å². The topological polar surface area (TPSA) is 0 Å². The third-order valence-electron chi connectivity index (χ3n) is 4.51. The summed E-state index contributed by atoms with van der Waals surface area (Å²) in [7, 11) is 2.33. The molecule has 0 aliphatic heterocycles. The molecule has 109 valence electrons. The van der Waals surface area contributed by atoms with Crippen molar-refractivity contribution in [2.75, 3.05) is 0 Å². The van der Waals surface area contributed by atoms with E-state index in [-0.39, 0.29) is 0 Å². The Kier molecular flexibility index (Phi) is 4.93. The van der Waals surface area contributed by atoms with Crippen LogP contribution in [0.15, 0.2) is 30.3 Å². The Morgan fingerprint density at radius 1 is 0.905 bits per heavy atom. The van der Waals surface area contributed by atoms with Crippen LogP contribution < -0.4 is 10.9 Å². The smallest absolute Gasteiger partial charge is 0.0785 e. The van der Waals surface area contributed by atoms with Crippen molar-refractivity contribution in [3.8, 4) is 0 Å². The van der Waals surface area contributed by atoms with Crippen LogP contribution in [0.5, 0.6) is 0 Å². The number of benzene rings is 2. The lowest BCUT2D eigenvalue weighted by Gasteiger charge is -2.15. The first-order valence-corrected chi connectivity index (χ1v) is 7.95. The molecule has 0 nitrogen and oxygen atoms in total. The SMILES string of the molecule is CCC(C)c1ccc([B]c2c(C)cc(C)cc2C)c(C)c1. The fourth-order valence-electron chi connectivity index (χ4n) is 2.98. The summed E-state index contributed by atoms with van der Waals surface area (Å²) in [6.45, 7) is 13.3. The Balaban J connectivity index is 2.33. The minimum atomic E-state index is 0.639. The Morgan fingerprint density at radius 3 is 2.05 bits per heavy atom. The maximum Gasteiger partial charge on any atom is 0.192 e. The highest BCUT2D eigenvalue weighted by atomic mass is 14.1. The predicted molar refractivity (Wildman–Crippen MR) is 95.6 cm³/mol. The first-order chi connectivity index (χ1) is 9.92. The molecule has 0 amide bonds. The van der Waals surface area contributed by atoms with Gasteiger partial charge in [-0.2, -0.15) is 0 Å². The number of hydrogen-bond donors (Lipinski definition) is 0. The minimum absolute atomic E-state index is 0.639. The molecular weight excluding hydrogens is 251 g/mol. The van der Waals surface area contributed by atoms with Gasteiger partial charge in [0.15, 0.2) is 7.28 Å². The molecule has 21 heavy (non-hydrogen) atoms. The Bertz CT molecular complexity index is 617. The largest absolute Gasteiger partial charge is 0.192 e. The van der Waals surface area contributed by atoms with Gasteiger partial charge in [0.1, 0.15) is 0 Å². The molecule has 0 bridgehead atoms. The zero-order chi connectivity index (χ0) is 15.6. The Morgan fingerprint density at radius 2 is 1.52 bits per heavy atom. The summed E-state index contributed by atoms with van der Waals surface area (Å²) < 4.78 is 0. The van der Waals surface area contributed by atoms with Crippen LogP contribution in [0.2, 0.25) is 0 Å². The molecule has 2 rings (SSSR count). The van der Waals surface area contributed by atoms with Crippen molar-refractivity contribution in [3.05, 3.63) is 58.1 Å². The summed E-state index contributed by atoms with van der Waals surface area (Å²) >= 11 is 0. The molecule has 0 saturated carbocycles. The number of hydrogen-bond acceptors (Lipinski definition) is 0. The summed E-state index contributed by atoms with van der Waals surface area (Å²) in [4.78, 5) is 0. The minimum Gasteiger partial charge on any atom is -0.0785 e. The molecule has 0 aliphatic carbocycles. The molecule has 0 N–H and O–H groups in total. The van der Waals surface area contributed by atoms with Crippen molar-refractivity contribution in [2.24, 2.45) is 0 Å². The highest BCUT2D eigenvalue weighted by molar-refractivity contribution is 6.68. The van der Waals surface area contributed by atoms with Crippen LogP contribution in [0.4, 0.5) is 0 Å². The normalized spacial score (nSPS) is 12.3. The summed E-state index contributed by atoms with van der Waals surface area (Å²) in [5, 5.41) is 0. The van der Waals surface area contributed by atoms with E-state index in [9.17, 15) is 0 Å². The van der Waals surface area contributed by atoms with Gasteiger partial charge in [-0.15, -0.1) is 0 Å². The van der Waals surface area contributed by atoms with E-state index >= 15 is 0 Å². The lowest BCUT2D eigenvalue weighted by atomic mass is 9.59. The van der Waals surface area contributed by atoms with E-state index < -0.39 is 0 Å². The molecule has 0 aromatic heterocycles. The zero-order valence-corrected chi connectivity index (χ0v) is 14.2. The van der Waals surface area contributed by atoms with Gasteiger partial charge in [-0.05, 0) is 45.6 Å². The summed E-state index contributed by atoms with van der Waals surface area (Å²) in [5.74, 6) is 0.639. The maximum absolute atomic E-state index is 2.35. The van der Waals surface area contributed by atoms with Crippen LogP contribution in [0.25, 0.3) is 0 Å². The second-order valence-corrected chi connectivity index (χ2v) is 6.38. The molecule has 1 radical (unpaired) electrons. The molecular formula is C20H26B. The third-order valence-corrected chi connectivity index (χ3v) is 4.51. The first kappa shape index (κ1) is 15.9. The van der Waals surface area contributed by atoms with Crippen molar-refractivity contribution in [1.29, 1.82) is 0 Å². The average Bonchev–Trinajstić information content (AvgIpc) is 2.43. The van der Waals surface area contributed by atoms with E-state index in [2.05, 4.69) is 79.2 Å². The van der Waals surface area contributed by atoms with Crippen molar-refractivity contribution < 1.29 is 0 Å². The molecule has 0 aliphatic rings. The van der Waals surface area contributed by atoms with E-state index in [1.54, 1.807) is 0 Å². The fourth-order valence-corrected chi connectivity index (χ4v) is 2.98. The fraction of sp³-hybridized carbons (Fsp3) is 0.400. The number of aryl methyl sites for hydroxylation is 4. The zero-order valence-electron chi connectivity index (χ0n) is 14.2. The Hall–Kier alpha value is -1.50. The monoisotopic (exact) mass is 277 g/mol. The van der Waals surface area contributed by atoms with Gasteiger partial charge in [0, 0.05) is 0 Å². The van der Waals surface area contributed by atoms with Crippen LogP contribution in [-0.4, -0.2) is 7.28 Å². The van der Waals surface area contributed by atoms with Gasteiger partial charge in [-0.1, -0.05) is 77.4 Å².